The molecule has 1 aromatic carbocycles. The van der Waals surface area contributed by atoms with E-state index in [1.165, 1.54) is 0 Å². The van der Waals surface area contributed by atoms with Crippen molar-refractivity contribution in [2.45, 2.75) is 18.6 Å². The van der Waals surface area contributed by atoms with E-state index in [1.54, 1.807) is 31.0 Å². The van der Waals surface area contributed by atoms with Crippen molar-refractivity contribution < 1.29 is 14.3 Å². The number of fused-ring (bicyclic) bond motifs is 1. The molecule has 4 heterocycles. The molecule has 8 heteroatoms. The molecule has 5 rings (SSSR count). The van der Waals surface area contributed by atoms with E-state index in [4.69, 9.17) is 9.47 Å². The third kappa shape index (κ3) is 4.32. The van der Waals surface area contributed by atoms with Crippen LogP contribution in [0.15, 0.2) is 61.3 Å². The Balaban J connectivity index is 1.28. The van der Waals surface area contributed by atoms with Crippen molar-refractivity contribution in [2.75, 3.05) is 32.8 Å². The first-order chi connectivity index (χ1) is 15.8. The average molecular weight is 431 g/mol. The van der Waals surface area contributed by atoms with E-state index in [-0.39, 0.29) is 12.0 Å². The summed E-state index contributed by atoms with van der Waals surface area (Å²) in [6, 6.07) is 9.46. The summed E-state index contributed by atoms with van der Waals surface area (Å²) in [7, 11) is 0. The number of benzene rings is 1. The Hall–Kier alpha value is -3.36. The Morgan fingerprint density at radius 2 is 1.97 bits per heavy atom. The number of hydrogen-bond donors (Lipinski definition) is 1. The molecule has 0 aliphatic carbocycles. The van der Waals surface area contributed by atoms with Crippen molar-refractivity contribution >= 4 is 5.91 Å². The maximum atomic E-state index is 13.3. The number of para-hydroxylation sites is 1. The van der Waals surface area contributed by atoms with Crippen LogP contribution >= 0.6 is 0 Å². The lowest BCUT2D eigenvalue weighted by Crippen LogP contribution is -2.47. The number of pyridine rings is 1. The smallest absolute Gasteiger partial charge is 0.242 e. The van der Waals surface area contributed by atoms with Crippen LogP contribution in [-0.4, -0.2) is 64.7 Å². The van der Waals surface area contributed by atoms with Gasteiger partial charge in [-0.05, 0) is 23.3 Å². The van der Waals surface area contributed by atoms with Crippen molar-refractivity contribution in [3.05, 3.63) is 72.4 Å². The van der Waals surface area contributed by atoms with Gasteiger partial charge in [-0.15, -0.1) is 0 Å². The molecule has 0 radical (unpaired) electrons. The molecule has 1 amide bonds. The van der Waals surface area contributed by atoms with Crippen LogP contribution in [0.5, 0.6) is 5.75 Å². The monoisotopic (exact) mass is 431 g/mol. The van der Waals surface area contributed by atoms with Gasteiger partial charge in [-0.1, -0.05) is 18.2 Å². The fourth-order valence-corrected chi connectivity index (χ4v) is 4.30. The second kappa shape index (κ2) is 9.42. The molecule has 0 saturated carbocycles. The third-order valence-corrected chi connectivity index (χ3v) is 5.83. The second-order valence-corrected chi connectivity index (χ2v) is 7.91. The molecule has 2 aromatic heterocycles. The zero-order valence-electron chi connectivity index (χ0n) is 17.7. The number of morpholine rings is 1. The minimum atomic E-state index is -0.397. The summed E-state index contributed by atoms with van der Waals surface area (Å²) >= 11 is 0. The first-order valence-corrected chi connectivity index (χ1v) is 10.8. The molecule has 2 atom stereocenters. The predicted molar refractivity (Wildman–Crippen MR) is 118 cm³/mol. The average Bonchev–Trinajstić information content (AvgIpc) is 3.28. The van der Waals surface area contributed by atoms with Crippen molar-refractivity contribution in [1.29, 1.82) is 0 Å². The molecule has 1 fully saturated rings. The van der Waals surface area contributed by atoms with Crippen LogP contribution in [0.3, 0.4) is 0 Å². The molecule has 164 valence electrons. The number of ether oxygens (including phenoxy) is 2. The summed E-state index contributed by atoms with van der Waals surface area (Å²) in [6.45, 7) is 3.08. The van der Waals surface area contributed by atoms with Crippen LogP contribution in [0.4, 0.5) is 0 Å². The summed E-state index contributed by atoms with van der Waals surface area (Å²) < 4.78 is 11.7. The van der Waals surface area contributed by atoms with E-state index in [2.05, 4.69) is 31.2 Å². The van der Waals surface area contributed by atoms with E-state index in [9.17, 15) is 4.79 Å². The van der Waals surface area contributed by atoms with E-state index in [0.29, 0.717) is 32.8 Å². The van der Waals surface area contributed by atoms with E-state index in [0.717, 1.165) is 34.6 Å². The van der Waals surface area contributed by atoms with E-state index >= 15 is 0 Å². The first kappa shape index (κ1) is 20.5. The van der Waals surface area contributed by atoms with Gasteiger partial charge in [-0.2, -0.15) is 0 Å². The van der Waals surface area contributed by atoms with Gasteiger partial charge < -0.3 is 14.8 Å². The Kier molecular flexibility index (Phi) is 6.04. The minimum Gasteiger partial charge on any atom is -0.487 e. The van der Waals surface area contributed by atoms with Crippen LogP contribution in [-0.2, 0) is 16.0 Å². The Labute approximate surface area is 186 Å². The lowest BCUT2D eigenvalue weighted by atomic mass is 10.0. The van der Waals surface area contributed by atoms with Gasteiger partial charge in [-0.25, -0.2) is 0 Å². The molecule has 3 aromatic rings. The molecule has 1 N–H and O–H groups in total. The van der Waals surface area contributed by atoms with Gasteiger partial charge in [0.05, 0.1) is 31.6 Å². The Morgan fingerprint density at radius 3 is 2.75 bits per heavy atom. The summed E-state index contributed by atoms with van der Waals surface area (Å²) in [5.74, 6) is 0.776. The molecule has 2 aliphatic rings. The topological polar surface area (TPSA) is 89.5 Å². The maximum absolute atomic E-state index is 13.3. The summed E-state index contributed by atoms with van der Waals surface area (Å²) in [5.41, 5.74) is 3.70. The van der Waals surface area contributed by atoms with Crippen molar-refractivity contribution in [1.82, 2.24) is 25.2 Å². The largest absolute Gasteiger partial charge is 0.487 e. The third-order valence-electron chi connectivity index (χ3n) is 5.83. The van der Waals surface area contributed by atoms with Crippen molar-refractivity contribution in [3.63, 3.8) is 0 Å². The Morgan fingerprint density at radius 1 is 1.09 bits per heavy atom. The molecule has 32 heavy (non-hydrogen) atoms. The highest BCUT2D eigenvalue weighted by Crippen LogP contribution is 2.37. The molecule has 0 unspecified atom stereocenters. The number of aromatic nitrogens is 3. The SMILES string of the molecule is O=C(NC[C@H]1Cc2cccc(-c3cnccn3)c2O1)[C@H](c1cccnc1)N1CCOCC1. The van der Waals surface area contributed by atoms with Crippen LogP contribution in [0.2, 0.25) is 0 Å². The Bertz CT molecular complexity index is 1060. The second-order valence-electron chi connectivity index (χ2n) is 7.91. The van der Waals surface area contributed by atoms with Gasteiger partial charge in [0, 0.05) is 49.9 Å². The van der Waals surface area contributed by atoms with Gasteiger partial charge in [-0.3, -0.25) is 24.6 Å². The number of nitrogens with zero attached hydrogens (tertiary/aromatic N) is 4. The van der Waals surface area contributed by atoms with Crippen LogP contribution in [0.1, 0.15) is 17.2 Å². The van der Waals surface area contributed by atoms with Crippen LogP contribution < -0.4 is 10.1 Å². The van der Waals surface area contributed by atoms with Gasteiger partial charge in [0.2, 0.25) is 5.91 Å². The fraction of sp³-hybridized carbons (Fsp3) is 0.333. The van der Waals surface area contributed by atoms with Gasteiger partial charge in [0.1, 0.15) is 17.9 Å². The van der Waals surface area contributed by atoms with Crippen molar-refractivity contribution in [3.8, 4) is 17.0 Å². The molecule has 1 saturated heterocycles. The highest BCUT2D eigenvalue weighted by molar-refractivity contribution is 5.83. The molecular weight excluding hydrogens is 406 g/mol. The summed E-state index contributed by atoms with van der Waals surface area (Å²) in [4.78, 5) is 28.2. The highest BCUT2D eigenvalue weighted by Gasteiger charge is 2.31. The normalized spacial score (nSPS) is 19.1. The lowest BCUT2D eigenvalue weighted by Gasteiger charge is -2.33. The molecule has 0 bridgehead atoms. The zero-order valence-corrected chi connectivity index (χ0v) is 17.7. The van der Waals surface area contributed by atoms with Crippen LogP contribution in [0, 0.1) is 0 Å². The van der Waals surface area contributed by atoms with E-state index < -0.39 is 6.04 Å². The van der Waals surface area contributed by atoms with Gasteiger partial charge >= 0.3 is 0 Å². The first-order valence-electron chi connectivity index (χ1n) is 10.8. The predicted octanol–water partition coefficient (Wildman–Crippen LogP) is 2.03. The lowest BCUT2D eigenvalue weighted by molar-refractivity contribution is -0.128. The van der Waals surface area contributed by atoms with E-state index in [1.807, 2.05) is 24.3 Å². The number of nitrogens with one attached hydrogen (secondary N) is 1. The highest BCUT2D eigenvalue weighted by atomic mass is 16.5. The standard InChI is InChI=1S/C24H25N5O3/c30-24(22(18-4-2-6-25-14-18)29-9-11-31-12-10-29)28-15-19-13-17-3-1-5-20(23(17)32-19)21-16-26-7-8-27-21/h1-8,14,16,19,22H,9-13,15H2,(H,28,30)/t19-,22+/m1/s1. The van der Waals surface area contributed by atoms with Crippen LogP contribution in [0.25, 0.3) is 11.3 Å². The number of hydrogen-bond acceptors (Lipinski definition) is 7. The molecule has 2 aliphatic heterocycles. The molecular formula is C24H25N5O3. The number of carbonyl (C=O) groups excluding carboxylic acids is 1. The molecule has 8 nitrogen and oxygen atoms in total. The minimum absolute atomic E-state index is 0.0476. The fourth-order valence-electron chi connectivity index (χ4n) is 4.30. The number of rotatable bonds is 6. The zero-order chi connectivity index (χ0) is 21.8. The van der Waals surface area contributed by atoms with Gasteiger partial charge in [0.25, 0.3) is 0 Å². The summed E-state index contributed by atoms with van der Waals surface area (Å²) in [5, 5.41) is 3.11. The number of carbonyl (C=O) groups is 1. The number of amides is 1. The molecule has 0 spiro atoms. The van der Waals surface area contributed by atoms with Crippen molar-refractivity contribution in [2.24, 2.45) is 0 Å². The van der Waals surface area contributed by atoms with Gasteiger partial charge in [0.15, 0.2) is 0 Å². The summed E-state index contributed by atoms with van der Waals surface area (Å²) in [6.07, 6.45) is 9.13. The quantitative estimate of drug-likeness (QED) is 0.639. The maximum Gasteiger partial charge on any atom is 0.242 e.